The Hall–Kier alpha value is -1.53. The first-order valence-electron chi connectivity index (χ1n) is 4.98. The summed E-state index contributed by atoms with van der Waals surface area (Å²) >= 11 is 4.74. The topological polar surface area (TPSA) is 76.2 Å². The van der Waals surface area contributed by atoms with Crippen molar-refractivity contribution in [2.24, 2.45) is 0 Å². The highest BCUT2D eigenvalue weighted by molar-refractivity contribution is 9.10. The van der Waals surface area contributed by atoms with Gasteiger partial charge in [-0.05, 0) is 46.3 Å². The maximum atomic E-state index is 10.8. The van der Waals surface area contributed by atoms with Crippen LogP contribution < -0.4 is 5.73 Å². The van der Waals surface area contributed by atoms with Gasteiger partial charge in [0.1, 0.15) is 5.03 Å². The fourth-order valence-electron chi connectivity index (χ4n) is 1.34. The second-order valence-corrected chi connectivity index (χ2v) is 5.48. The summed E-state index contributed by atoms with van der Waals surface area (Å²) in [4.78, 5) is 15.9. The summed E-state index contributed by atoms with van der Waals surface area (Å²) in [7, 11) is 0. The van der Waals surface area contributed by atoms with Crippen molar-refractivity contribution in [1.29, 1.82) is 0 Å². The zero-order valence-corrected chi connectivity index (χ0v) is 11.5. The molecule has 0 aliphatic carbocycles. The molecule has 0 atom stereocenters. The third-order valence-electron chi connectivity index (χ3n) is 2.18. The van der Waals surface area contributed by atoms with Crippen LogP contribution in [0.15, 0.2) is 50.9 Å². The van der Waals surface area contributed by atoms with Crippen molar-refractivity contribution in [2.75, 3.05) is 5.73 Å². The predicted molar refractivity (Wildman–Crippen MR) is 73.9 cm³/mol. The lowest BCUT2D eigenvalue weighted by atomic mass is 10.2. The van der Waals surface area contributed by atoms with Gasteiger partial charge in [0.05, 0.1) is 5.56 Å². The first kappa shape index (κ1) is 12.9. The third-order valence-corrected chi connectivity index (χ3v) is 3.59. The average molecular weight is 325 g/mol. The van der Waals surface area contributed by atoms with E-state index in [-0.39, 0.29) is 11.3 Å². The largest absolute Gasteiger partial charge is 0.478 e. The quantitative estimate of drug-likeness (QED) is 0.847. The Labute approximate surface area is 116 Å². The number of hydrogen-bond donors (Lipinski definition) is 2. The Balaban J connectivity index is 2.22. The lowest BCUT2D eigenvalue weighted by molar-refractivity contribution is 0.0698. The molecule has 92 valence electrons. The molecule has 2 rings (SSSR count). The van der Waals surface area contributed by atoms with Crippen molar-refractivity contribution in [2.45, 2.75) is 9.92 Å². The number of pyridine rings is 1. The van der Waals surface area contributed by atoms with Crippen molar-refractivity contribution >= 4 is 39.3 Å². The van der Waals surface area contributed by atoms with Crippen LogP contribution in [-0.2, 0) is 0 Å². The summed E-state index contributed by atoms with van der Waals surface area (Å²) < 4.78 is 0.910. The molecule has 0 aliphatic heterocycles. The Morgan fingerprint density at radius 2 is 2.11 bits per heavy atom. The molecule has 0 unspecified atom stereocenters. The maximum absolute atomic E-state index is 10.8. The SMILES string of the molecule is Nc1cc(Sc2ccc(Br)cn2)ccc1C(=O)O. The number of rotatable bonds is 3. The van der Waals surface area contributed by atoms with Gasteiger partial charge in [0.2, 0.25) is 0 Å². The van der Waals surface area contributed by atoms with Crippen molar-refractivity contribution < 1.29 is 9.90 Å². The van der Waals surface area contributed by atoms with Crippen LogP contribution in [0.3, 0.4) is 0 Å². The van der Waals surface area contributed by atoms with E-state index < -0.39 is 5.97 Å². The van der Waals surface area contributed by atoms with E-state index >= 15 is 0 Å². The van der Waals surface area contributed by atoms with Crippen LogP contribution in [0.5, 0.6) is 0 Å². The molecule has 4 nitrogen and oxygen atoms in total. The van der Waals surface area contributed by atoms with E-state index in [0.717, 1.165) is 14.4 Å². The number of carbonyl (C=O) groups is 1. The lowest BCUT2D eigenvalue weighted by Gasteiger charge is -2.04. The Morgan fingerprint density at radius 1 is 1.33 bits per heavy atom. The van der Waals surface area contributed by atoms with Crippen LogP contribution in [0.4, 0.5) is 5.69 Å². The van der Waals surface area contributed by atoms with E-state index in [1.165, 1.54) is 17.8 Å². The van der Waals surface area contributed by atoms with E-state index in [0.29, 0.717) is 0 Å². The number of halogens is 1. The van der Waals surface area contributed by atoms with Gasteiger partial charge in [-0.3, -0.25) is 0 Å². The van der Waals surface area contributed by atoms with Crippen LogP contribution in [0.1, 0.15) is 10.4 Å². The first-order chi connectivity index (χ1) is 8.56. The fourth-order valence-corrected chi connectivity index (χ4v) is 2.38. The van der Waals surface area contributed by atoms with Gasteiger partial charge in [0.25, 0.3) is 0 Å². The summed E-state index contributed by atoms with van der Waals surface area (Å²) in [6.07, 6.45) is 1.71. The first-order valence-corrected chi connectivity index (χ1v) is 6.59. The number of aromatic carboxylic acids is 1. The molecule has 18 heavy (non-hydrogen) atoms. The highest BCUT2D eigenvalue weighted by atomic mass is 79.9. The van der Waals surface area contributed by atoms with Gasteiger partial charge in [-0.25, -0.2) is 9.78 Å². The zero-order valence-electron chi connectivity index (χ0n) is 9.13. The number of nitrogens with two attached hydrogens (primary N) is 1. The molecule has 0 amide bonds. The summed E-state index contributed by atoms with van der Waals surface area (Å²) in [6.45, 7) is 0. The molecular weight excluding hydrogens is 316 g/mol. The molecule has 0 radical (unpaired) electrons. The summed E-state index contributed by atoms with van der Waals surface area (Å²) in [5, 5.41) is 9.69. The van der Waals surface area contributed by atoms with E-state index in [9.17, 15) is 4.79 Å². The molecule has 3 N–H and O–H groups in total. The molecular formula is C12H9BrN2O2S. The normalized spacial score (nSPS) is 10.3. The molecule has 0 saturated carbocycles. The molecule has 1 aromatic heterocycles. The van der Waals surface area contributed by atoms with E-state index in [1.54, 1.807) is 18.3 Å². The number of carboxylic acid groups (broad SMARTS) is 1. The van der Waals surface area contributed by atoms with Crippen LogP contribution in [0, 0.1) is 0 Å². The van der Waals surface area contributed by atoms with Gasteiger partial charge < -0.3 is 10.8 Å². The number of anilines is 1. The fraction of sp³-hybridized carbons (Fsp3) is 0. The molecule has 0 spiro atoms. The number of carboxylic acids is 1. The van der Waals surface area contributed by atoms with Crippen LogP contribution in [-0.4, -0.2) is 16.1 Å². The Kier molecular flexibility index (Phi) is 3.88. The predicted octanol–water partition coefficient (Wildman–Crippen LogP) is 3.28. The summed E-state index contributed by atoms with van der Waals surface area (Å²) in [5.74, 6) is -1.02. The number of nitrogens with zero attached hydrogens (tertiary/aromatic N) is 1. The minimum absolute atomic E-state index is 0.114. The highest BCUT2D eigenvalue weighted by Crippen LogP contribution is 2.29. The van der Waals surface area contributed by atoms with Gasteiger partial charge in [-0.1, -0.05) is 11.8 Å². The van der Waals surface area contributed by atoms with Crippen LogP contribution in [0.25, 0.3) is 0 Å². The standard InChI is InChI=1S/C12H9BrN2O2S/c13-7-1-4-11(15-6-7)18-8-2-3-9(12(16)17)10(14)5-8/h1-6H,14H2,(H,16,17). The van der Waals surface area contributed by atoms with E-state index in [2.05, 4.69) is 20.9 Å². The molecule has 0 fully saturated rings. The highest BCUT2D eigenvalue weighted by Gasteiger charge is 2.08. The minimum atomic E-state index is -1.02. The van der Waals surface area contributed by atoms with Crippen LogP contribution >= 0.6 is 27.7 Å². The molecule has 2 aromatic rings. The monoisotopic (exact) mass is 324 g/mol. The van der Waals surface area contributed by atoms with Crippen molar-refractivity contribution in [3.05, 3.63) is 46.6 Å². The molecule has 6 heteroatoms. The zero-order chi connectivity index (χ0) is 13.1. The van der Waals surface area contributed by atoms with Crippen molar-refractivity contribution in [3.63, 3.8) is 0 Å². The van der Waals surface area contributed by atoms with Gasteiger partial charge in [0.15, 0.2) is 0 Å². The van der Waals surface area contributed by atoms with Crippen LogP contribution in [0.2, 0.25) is 0 Å². The molecule has 0 bridgehead atoms. The van der Waals surface area contributed by atoms with Crippen molar-refractivity contribution in [1.82, 2.24) is 4.98 Å². The maximum Gasteiger partial charge on any atom is 0.337 e. The smallest absolute Gasteiger partial charge is 0.337 e. The van der Waals surface area contributed by atoms with Gasteiger partial charge >= 0.3 is 5.97 Å². The second-order valence-electron chi connectivity index (χ2n) is 3.47. The number of hydrogen-bond acceptors (Lipinski definition) is 4. The Morgan fingerprint density at radius 3 is 2.67 bits per heavy atom. The second kappa shape index (κ2) is 5.41. The molecule has 0 aliphatic rings. The molecule has 0 saturated heterocycles. The third kappa shape index (κ3) is 3.02. The summed E-state index contributed by atoms with van der Waals surface area (Å²) in [6, 6.07) is 8.62. The summed E-state index contributed by atoms with van der Waals surface area (Å²) in [5.41, 5.74) is 6.05. The van der Waals surface area contributed by atoms with Gasteiger partial charge in [-0.2, -0.15) is 0 Å². The number of benzene rings is 1. The number of nitrogen functional groups attached to an aromatic ring is 1. The van der Waals surface area contributed by atoms with Crippen molar-refractivity contribution in [3.8, 4) is 0 Å². The van der Waals surface area contributed by atoms with E-state index in [4.69, 9.17) is 10.8 Å². The van der Waals surface area contributed by atoms with E-state index in [1.807, 2.05) is 12.1 Å². The molecule has 1 heterocycles. The Bertz CT molecular complexity index is 587. The average Bonchev–Trinajstić information content (AvgIpc) is 2.32. The van der Waals surface area contributed by atoms with Gasteiger partial charge in [-0.15, -0.1) is 0 Å². The lowest BCUT2D eigenvalue weighted by Crippen LogP contribution is -2.01. The molecule has 1 aromatic carbocycles. The number of aromatic nitrogens is 1. The van der Waals surface area contributed by atoms with Gasteiger partial charge in [0, 0.05) is 21.3 Å². The minimum Gasteiger partial charge on any atom is -0.478 e.